The fourth-order valence-corrected chi connectivity index (χ4v) is 3.55. The van der Waals surface area contributed by atoms with Crippen LogP contribution in [0.2, 0.25) is 0 Å². The Morgan fingerprint density at radius 1 is 1.37 bits per heavy atom. The lowest BCUT2D eigenvalue weighted by molar-refractivity contribution is -0.143. The number of nitrogens with zero attached hydrogens (tertiary/aromatic N) is 1. The van der Waals surface area contributed by atoms with E-state index in [4.69, 9.17) is 4.74 Å². The molecule has 0 aliphatic rings. The molecule has 0 amide bonds. The molecule has 2 aromatic rings. The molecule has 2 rings (SSSR count). The zero-order valence-electron chi connectivity index (χ0n) is 11.1. The van der Waals surface area contributed by atoms with E-state index in [9.17, 15) is 4.79 Å². The number of hydrogen-bond donors (Lipinski definition) is 0. The molecule has 0 spiro atoms. The van der Waals surface area contributed by atoms with Gasteiger partial charge in [-0.2, -0.15) is 0 Å². The molecule has 0 radical (unpaired) electrons. The van der Waals surface area contributed by atoms with Gasteiger partial charge >= 0.3 is 5.97 Å². The van der Waals surface area contributed by atoms with Gasteiger partial charge in [-0.3, -0.25) is 4.79 Å². The Hall–Kier alpha value is -1.20. The highest BCUT2D eigenvalue weighted by atomic mass is 32.1. The van der Waals surface area contributed by atoms with Crippen LogP contribution >= 0.6 is 22.7 Å². The first kappa shape index (κ1) is 14.2. The molecule has 0 aliphatic carbocycles. The van der Waals surface area contributed by atoms with Gasteiger partial charge < -0.3 is 4.74 Å². The molecular formula is C14H17NO2S2. The second kappa shape index (κ2) is 6.82. The minimum Gasteiger partial charge on any atom is -0.466 e. The lowest BCUT2D eigenvalue weighted by atomic mass is 10.2. The van der Waals surface area contributed by atoms with Crippen LogP contribution in [-0.2, 0) is 22.4 Å². The number of aryl methyl sites for hydroxylation is 2. The van der Waals surface area contributed by atoms with Gasteiger partial charge in [0.05, 0.1) is 23.6 Å². The molecule has 2 heterocycles. The summed E-state index contributed by atoms with van der Waals surface area (Å²) in [5, 5.41) is 3.07. The Labute approximate surface area is 121 Å². The monoisotopic (exact) mass is 295 g/mol. The summed E-state index contributed by atoms with van der Waals surface area (Å²) in [6.45, 7) is 4.42. The SMILES string of the molecule is CCOC(=O)CCc1csc(-c2ccc(CC)s2)n1. The van der Waals surface area contributed by atoms with E-state index in [1.54, 1.807) is 22.7 Å². The van der Waals surface area contributed by atoms with Gasteiger partial charge in [-0.05, 0) is 25.5 Å². The predicted octanol–water partition coefficient (Wildman–Crippen LogP) is 3.93. The van der Waals surface area contributed by atoms with Crippen molar-refractivity contribution >= 4 is 28.6 Å². The smallest absolute Gasteiger partial charge is 0.306 e. The molecule has 3 nitrogen and oxygen atoms in total. The average molecular weight is 295 g/mol. The largest absolute Gasteiger partial charge is 0.466 e. The molecule has 0 aliphatic heterocycles. The molecule has 0 bridgehead atoms. The number of thiophene rings is 1. The minimum absolute atomic E-state index is 0.151. The van der Waals surface area contributed by atoms with Crippen LogP contribution in [0.3, 0.4) is 0 Å². The van der Waals surface area contributed by atoms with Gasteiger partial charge in [-0.25, -0.2) is 4.98 Å². The van der Waals surface area contributed by atoms with Gasteiger partial charge in [-0.15, -0.1) is 22.7 Å². The van der Waals surface area contributed by atoms with E-state index >= 15 is 0 Å². The number of esters is 1. The maximum Gasteiger partial charge on any atom is 0.306 e. The van der Waals surface area contributed by atoms with E-state index in [2.05, 4.69) is 24.0 Å². The molecule has 0 saturated heterocycles. The molecule has 0 atom stereocenters. The highest BCUT2D eigenvalue weighted by molar-refractivity contribution is 7.21. The Bertz CT molecular complexity index is 545. The molecule has 0 fully saturated rings. The molecule has 19 heavy (non-hydrogen) atoms. The summed E-state index contributed by atoms with van der Waals surface area (Å²) < 4.78 is 4.91. The van der Waals surface area contributed by atoms with Gasteiger partial charge in [-0.1, -0.05) is 6.92 Å². The molecule has 5 heteroatoms. The highest BCUT2D eigenvalue weighted by Gasteiger charge is 2.09. The topological polar surface area (TPSA) is 39.2 Å². The second-order valence-corrected chi connectivity index (χ2v) is 6.09. The van der Waals surface area contributed by atoms with Crippen LogP contribution in [0.25, 0.3) is 9.88 Å². The first-order valence-electron chi connectivity index (χ1n) is 6.42. The van der Waals surface area contributed by atoms with Gasteiger partial charge in [0.2, 0.25) is 0 Å². The maximum absolute atomic E-state index is 11.3. The third kappa shape index (κ3) is 3.88. The normalized spacial score (nSPS) is 10.6. The highest BCUT2D eigenvalue weighted by Crippen LogP contribution is 2.31. The van der Waals surface area contributed by atoms with Crippen molar-refractivity contribution in [2.24, 2.45) is 0 Å². The number of hydrogen-bond acceptors (Lipinski definition) is 5. The van der Waals surface area contributed by atoms with Crippen LogP contribution < -0.4 is 0 Å². The van der Waals surface area contributed by atoms with Crippen LogP contribution in [-0.4, -0.2) is 17.6 Å². The van der Waals surface area contributed by atoms with Crippen molar-refractivity contribution in [2.45, 2.75) is 33.1 Å². The van der Waals surface area contributed by atoms with Crippen LogP contribution in [0.15, 0.2) is 17.5 Å². The van der Waals surface area contributed by atoms with E-state index in [1.165, 1.54) is 9.75 Å². The number of thiazole rings is 1. The molecule has 0 N–H and O–H groups in total. The predicted molar refractivity (Wildman–Crippen MR) is 79.8 cm³/mol. The Morgan fingerprint density at radius 3 is 2.89 bits per heavy atom. The van der Waals surface area contributed by atoms with Gasteiger partial charge in [0, 0.05) is 16.7 Å². The van der Waals surface area contributed by atoms with Crippen molar-refractivity contribution in [3.8, 4) is 9.88 Å². The molecule has 102 valence electrons. The lowest BCUT2D eigenvalue weighted by Crippen LogP contribution is -2.05. The zero-order valence-corrected chi connectivity index (χ0v) is 12.8. The molecule has 0 saturated carbocycles. The van der Waals surface area contributed by atoms with E-state index in [0.717, 1.165) is 17.1 Å². The third-order valence-corrected chi connectivity index (χ3v) is 4.95. The fourth-order valence-electron chi connectivity index (χ4n) is 1.68. The quantitative estimate of drug-likeness (QED) is 0.758. The maximum atomic E-state index is 11.3. The summed E-state index contributed by atoms with van der Waals surface area (Å²) >= 11 is 3.43. The molecular weight excluding hydrogens is 278 g/mol. The third-order valence-electron chi connectivity index (χ3n) is 2.66. The lowest BCUT2D eigenvalue weighted by Gasteiger charge is -1.99. The van der Waals surface area contributed by atoms with Crippen molar-refractivity contribution in [2.75, 3.05) is 6.61 Å². The number of aromatic nitrogens is 1. The van der Waals surface area contributed by atoms with E-state index in [-0.39, 0.29) is 5.97 Å². The Balaban J connectivity index is 1.97. The second-order valence-electron chi connectivity index (χ2n) is 4.07. The van der Waals surface area contributed by atoms with Crippen molar-refractivity contribution in [3.63, 3.8) is 0 Å². The summed E-state index contributed by atoms with van der Waals surface area (Å²) in [7, 11) is 0. The number of ether oxygens (including phenoxy) is 1. The standard InChI is InChI=1S/C14H17NO2S2/c1-3-11-6-7-12(19-11)14-15-10(9-18-14)5-8-13(16)17-4-2/h6-7,9H,3-5,8H2,1-2H3. The van der Waals surface area contributed by atoms with Crippen LogP contribution in [0.4, 0.5) is 0 Å². The van der Waals surface area contributed by atoms with Crippen molar-refractivity contribution in [1.29, 1.82) is 0 Å². The number of carbonyl (C=O) groups is 1. The van der Waals surface area contributed by atoms with Crippen molar-refractivity contribution in [1.82, 2.24) is 4.98 Å². The van der Waals surface area contributed by atoms with Crippen LogP contribution in [0.5, 0.6) is 0 Å². The summed E-state index contributed by atoms with van der Waals surface area (Å²) in [5.74, 6) is -0.151. The van der Waals surface area contributed by atoms with Crippen molar-refractivity contribution < 1.29 is 9.53 Å². The molecule has 0 aromatic carbocycles. The minimum atomic E-state index is -0.151. The van der Waals surface area contributed by atoms with Gasteiger partial charge in [0.25, 0.3) is 0 Å². The van der Waals surface area contributed by atoms with Crippen LogP contribution in [0.1, 0.15) is 30.8 Å². The average Bonchev–Trinajstić information content (AvgIpc) is 3.05. The number of carbonyl (C=O) groups excluding carboxylic acids is 1. The summed E-state index contributed by atoms with van der Waals surface area (Å²) in [6, 6.07) is 4.27. The zero-order chi connectivity index (χ0) is 13.7. The van der Waals surface area contributed by atoms with Gasteiger partial charge in [0.1, 0.15) is 5.01 Å². The van der Waals surface area contributed by atoms with Crippen molar-refractivity contribution in [3.05, 3.63) is 28.1 Å². The first-order valence-corrected chi connectivity index (χ1v) is 8.11. The van der Waals surface area contributed by atoms with Crippen LogP contribution in [0, 0.1) is 0 Å². The van der Waals surface area contributed by atoms with Gasteiger partial charge in [0.15, 0.2) is 0 Å². The van der Waals surface area contributed by atoms with E-state index in [1.807, 2.05) is 12.3 Å². The molecule has 2 aromatic heterocycles. The van der Waals surface area contributed by atoms with E-state index in [0.29, 0.717) is 19.4 Å². The Morgan fingerprint density at radius 2 is 2.21 bits per heavy atom. The summed E-state index contributed by atoms with van der Waals surface area (Å²) in [5.41, 5.74) is 0.972. The number of rotatable bonds is 6. The Kier molecular flexibility index (Phi) is 5.10. The molecule has 0 unspecified atom stereocenters. The first-order chi connectivity index (χ1) is 9.22. The summed E-state index contributed by atoms with van der Waals surface area (Å²) in [4.78, 5) is 18.5. The van der Waals surface area contributed by atoms with E-state index < -0.39 is 0 Å². The fraction of sp³-hybridized carbons (Fsp3) is 0.429. The summed E-state index contributed by atoms with van der Waals surface area (Å²) in [6.07, 6.45) is 2.12.